The van der Waals surface area contributed by atoms with E-state index in [2.05, 4.69) is 15.3 Å². The highest BCUT2D eigenvalue weighted by Gasteiger charge is 2.30. The van der Waals surface area contributed by atoms with E-state index >= 15 is 0 Å². The zero-order chi connectivity index (χ0) is 22.3. The molecule has 160 valence electrons. The van der Waals surface area contributed by atoms with E-state index in [1.165, 1.54) is 30.9 Å². The summed E-state index contributed by atoms with van der Waals surface area (Å²) >= 11 is 0. The summed E-state index contributed by atoms with van der Waals surface area (Å²) in [5.74, 6) is -0.500. The average Bonchev–Trinajstić information content (AvgIpc) is 3.27. The van der Waals surface area contributed by atoms with E-state index < -0.39 is 24.1 Å². The molecule has 11 heteroatoms. The summed E-state index contributed by atoms with van der Waals surface area (Å²) in [4.78, 5) is 29.8. The summed E-state index contributed by atoms with van der Waals surface area (Å²) in [7, 11) is 0. The van der Waals surface area contributed by atoms with Gasteiger partial charge in [0, 0.05) is 17.0 Å². The number of nitrogens with zero attached hydrogens (tertiary/aromatic N) is 6. The number of alkyl halides is 3. The number of rotatable bonds is 5. The second kappa shape index (κ2) is 7.49. The van der Waals surface area contributed by atoms with Gasteiger partial charge in [-0.2, -0.15) is 17.9 Å². The van der Waals surface area contributed by atoms with Crippen molar-refractivity contribution in [3.63, 3.8) is 0 Å². The zero-order valence-corrected chi connectivity index (χ0v) is 16.6. The maximum Gasteiger partial charge on any atom is 0.406 e. The van der Waals surface area contributed by atoms with E-state index in [4.69, 9.17) is 0 Å². The summed E-state index contributed by atoms with van der Waals surface area (Å²) in [6.45, 7) is 1.38. The highest BCUT2D eigenvalue weighted by atomic mass is 19.4. The minimum atomic E-state index is -4.41. The van der Waals surface area contributed by atoms with Crippen molar-refractivity contribution in [1.29, 1.82) is 0 Å². The van der Waals surface area contributed by atoms with E-state index in [1.54, 1.807) is 24.3 Å². The van der Waals surface area contributed by atoms with Gasteiger partial charge in [0.15, 0.2) is 16.9 Å². The summed E-state index contributed by atoms with van der Waals surface area (Å²) in [6, 6.07) is 10.4. The molecule has 8 nitrogen and oxygen atoms in total. The third-order valence-corrected chi connectivity index (χ3v) is 4.96. The third kappa shape index (κ3) is 3.86. The van der Waals surface area contributed by atoms with Gasteiger partial charge in [-0.25, -0.2) is 4.98 Å². The molecule has 0 spiro atoms. The van der Waals surface area contributed by atoms with Crippen LogP contribution in [0.2, 0.25) is 0 Å². The van der Waals surface area contributed by atoms with E-state index in [1.807, 2.05) is 6.07 Å². The standard InChI is InChI=1S/C20H17F3N6O2/c1-12-8-15(13(2)28(12)10-20(21,22)23)16(30)9-27-11-24-18-17(19(27)31)25-26-29(18)14-6-4-3-5-7-14/h3-8,11H,9-10H2,1-2H3. The third-order valence-electron chi connectivity index (χ3n) is 4.96. The Morgan fingerprint density at radius 2 is 1.84 bits per heavy atom. The molecule has 0 amide bonds. The maximum atomic E-state index is 12.8. The first-order valence-corrected chi connectivity index (χ1v) is 9.28. The highest BCUT2D eigenvalue weighted by Crippen LogP contribution is 2.23. The van der Waals surface area contributed by atoms with Crippen molar-refractivity contribution in [2.45, 2.75) is 33.1 Å². The molecule has 4 rings (SSSR count). The molecule has 0 saturated carbocycles. The topological polar surface area (TPSA) is 87.6 Å². The van der Waals surface area contributed by atoms with Gasteiger partial charge in [0.05, 0.1) is 12.2 Å². The molecular weight excluding hydrogens is 413 g/mol. The summed E-state index contributed by atoms with van der Waals surface area (Å²) in [6.07, 6.45) is -3.20. The molecule has 0 aliphatic heterocycles. The van der Waals surface area contributed by atoms with Crippen LogP contribution in [0.4, 0.5) is 13.2 Å². The number of carbonyl (C=O) groups excluding carboxylic acids is 1. The smallest absolute Gasteiger partial charge is 0.339 e. The minimum absolute atomic E-state index is 0.0123. The van der Waals surface area contributed by atoms with Gasteiger partial charge in [-0.15, -0.1) is 5.10 Å². The average molecular weight is 430 g/mol. The van der Waals surface area contributed by atoms with Crippen LogP contribution in [0.3, 0.4) is 0 Å². The van der Waals surface area contributed by atoms with Crippen LogP contribution in [0.25, 0.3) is 16.9 Å². The second-order valence-corrected chi connectivity index (χ2v) is 7.10. The number of carbonyl (C=O) groups is 1. The molecule has 0 aliphatic carbocycles. The molecule has 1 aromatic carbocycles. The van der Waals surface area contributed by atoms with Crippen molar-refractivity contribution in [2.24, 2.45) is 0 Å². The molecule has 3 heterocycles. The lowest BCUT2D eigenvalue weighted by Crippen LogP contribution is -2.25. The summed E-state index contributed by atoms with van der Waals surface area (Å²) in [5.41, 5.74) is 0.959. The lowest BCUT2D eigenvalue weighted by molar-refractivity contribution is -0.141. The fraction of sp³-hybridized carbons (Fsp3) is 0.250. The maximum absolute atomic E-state index is 12.8. The van der Waals surface area contributed by atoms with E-state index in [9.17, 15) is 22.8 Å². The van der Waals surface area contributed by atoms with E-state index in [-0.39, 0.29) is 29.0 Å². The predicted octanol–water partition coefficient (Wildman–Crippen LogP) is 2.84. The lowest BCUT2D eigenvalue weighted by atomic mass is 10.1. The minimum Gasteiger partial charge on any atom is -0.339 e. The van der Waals surface area contributed by atoms with Crippen molar-refractivity contribution in [1.82, 2.24) is 29.1 Å². The summed E-state index contributed by atoms with van der Waals surface area (Å²) in [5, 5.41) is 7.85. The fourth-order valence-electron chi connectivity index (χ4n) is 3.45. The highest BCUT2D eigenvalue weighted by molar-refractivity contribution is 5.97. The van der Waals surface area contributed by atoms with Crippen LogP contribution in [0.5, 0.6) is 0 Å². The molecule has 0 aliphatic rings. The molecule has 0 unspecified atom stereocenters. The Hall–Kier alpha value is -3.76. The van der Waals surface area contributed by atoms with Crippen molar-refractivity contribution < 1.29 is 18.0 Å². The van der Waals surface area contributed by atoms with Crippen LogP contribution < -0.4 is 5.56 Å². The van der Waals surface area contributed by atoms with E-state index in [0.29, 0.717) is 11.4 Å². The molecule has 0 atom stereocenters. The Balaban J connectivity index is 1.65. The van der Waals surface area contributed by atoms with Gasteiger partial charge in [-0.3, -0.25) is 14.2 Å². The number of benzene rings is 1. The first kappa shape index (κ1) is 20.5. The van der Waals surface area contributed by atoms with Crippen LogP contribution >= 0.6 is 0 Å². The zero-order valence-electron chi connectivity index (χ0n) is 16.6. The van der Waals surface area contributed by atoms with Crippen LogP contribution in [0, 0.1) is 13.8 Å². The number of aromatic nitrogens is 6. The second-order valence-electron chi connectivity index (χ2n) is 7.10. The molecule has 0 fully saturated rings. The molecule has 0 saturated heterocycles. The predicted molar refractivity (Wildman–Crippen MR) is 105 cm³/mol. The van der Waals surface area contributed by atoms with Crippen molar-refractivity contribution >= 4 is 16.9 Å². The molecule has 0 N–H and O–H groups in total. The van der Waals surface area contributed by atoms with Gasteiger partial charge in [0.25, 0.3) is 5.56 Å². The van der Waals surface area contributed by atoms with Gasteiger partial charge in [0.1, 0.15) is 12.9 Å². The van der Waals surface area contributed by atoms with Gasteiger partial charge < -0.3 is 4.57 Å². The number of aryl methyl sites for hydroxylation is 1. The van der Waals surface area contributed by atoms with Crippen LogP contribution in [0.1, 0.15) is 21.7 Å². The van der Waals surface area contributed by atoms with Crippen molar-refractivity contribution in [2.75, 3.05) is 0 Å². The Labute approximate surface area is 173 Å². The van der Waals surface area contributed by atoms with Gasteiger partial charge in [-0.05, 0) is 32.0 Å². The number of halogens is 3. The monoisotopic (exact) mass is 430 g/mol. The first-order valence-electron chi connectivity index (χ1n) is 9.28. The Kier molecular flexibility index (Phi) is 4.96. The Morgan fingerprint density at radius 3 is 2.52 bits per heavy atom. The SMILES string of the molecule is Cc1cc(C(=O)Cn2cnc3c(nnn3-c3ccccc3)c2=O)c(C)n1CC(F)(F)F. The Morgan fingerprint density at radius 1 is 1.13 bits per heavy atom. The Bertz CT molecular complexity index is 1330. The molecule has 0 bridgehead atoms. The number of Topliss-reactive ketones (excluding diaryl/α,β-unsaturated/α-hetero) is 1. The molecule has 4 aromatic rings. The lowest BCUT2D eigenvalue weighted by Gasteiger charge is -2.12. The molecule has 31 heavy (non-hydrogen) atoms. The van der Waals surface area contributed by atoms with Crippen LogP contribution in [-0.4, -0.2) is 41.1 Å². The van der Waals surface area contributed by atoms with Crippen molar-refractivity contribution in [3.8, 4) is 5.69 Å². The normalized spacial score (nSPS) is 11.9. The number of fused-ring (bicyclic) bond motifs is 1. The van der Waals surface area contributed by atoms with E-state index in [0.717, 1.165) is 9.13 Å². The first-order chi connectivity index (χ1) is 14.7. The molecule has 0 radical (unpaired) electrons. The largest absolute Gasteiger partial charge is 0.406 e. The number of ketones is 1. The van der Waals surface area contributed by atoms with Crippen LogP contribution in [0.15, 0.2) is 47.5 Å². The van der Waals surface area contributed by atoms with Gasteiger partial charge in [0.2, 0.25) is 0 Å². The van der Waals surface area contributed by atoms with Gasteiger partial charge in [-0.1, -0.05) is 23.4 Å². The quantitative estimate of drug-likeness (QED) is 0.455. The van der Waals surface area contributed by atoms with Gasteiger partial charge >= 0.3 is 6.18 Å². The molecular formula is C20H17F3N6O2. The van der Waals surface area contributed by atoms with Crippen LogP contribution in [-0.2, 0) is 13.1 Å². The number of hydrogen-bond acceptors (Lipinski definition) is 5. The number of hydrogen-bond donors (Lipinski definition) is 0. The fourth-order valence-corrected chi connectivity index (χ4v) is 3.45. The van der Waals surface area contributed by atoms with Crippen molar-refractivity contribution in [3.05, 3.63) is 70.0 Å². The number of para-hydroxylation sites is 1. The molecule has 3 aromatic heterocycles. The summed E-state index contributed by atoms with van der Waals surface area (Å²) < 4.78 is 41.9.